The maximum absolute atomic E-state index is 8.74. The molecule has 0 aliphatic heterocycles. The monoisotopic (exact) mass is 850 g/mol. The van der Waals surface area contributed by atoms with Gasteiger partial charge in [-0.05, 0) is 0 Å². The van der Waals surface area contributed by atoms with Crippen molar-refractivity contribution < 1.29 is 87.6 Å². The van der Waals surface area contributed by atoms with Crippen LogP contribution in [0.5, 0.6) is 0 Å². The quantitative estimate of drug-likeness (QED) is 0.0799. The molecule has 190 valence electrons. The van der Waals surface area contributed by atoms with Crippen LogP contribution in [0.3, 0.4) is 0 Å². The summed E-state index contributed by atoms with van der Waals surface area (Å²) in [6.07, 6.45) is 0. The predicted molar refractivity (Wildman–Crippen MR) is 178 cm³/mol. The van der Waals surface area contributed by atoms with Gasteiger partial charge in [0.25, 0.3) is 0 Å². The Morgan fingerprint density at radius 2 is 0.175 bits per heavy atom. The Balaban J connectivity index is -0.00000000635. The summed E-state index contributed by atoms with van der Waals surface area (Å²) in [6, 6.07) is 0. The van der Waals surface area contributed by atoms with Gasteiger partial charge < -0.3 is 0 Å². The van der Waals surface area contributed by atoms with Crippen LogP contribution < -0.4 is 0 Å². The summed E-state index contributed by atoms with van der Waals surface area (Å²) >= 11 is 0. The Labute approximate surface area is 566 Å². The van der Waals surface area contributed by atoms with E-state index in [9.17, 15) is 0 Å². The van der Waals surface area contributed by atoms with Crippen LogP contribution in [0.2, 0.25) is 0 Å². The molecule has 10 N–H and O–H groups in total. The summed E-state index contributed by atoms with van der Waals surface area (Å²) in [7, 11) is -23.3. The van der Waals surface area contributed by atoms with E-state index in [0.717, 1.165) is 0 Å². The molecular weight excluding hydrogens is 825 g/mol. The molecule has 20 nitrogen and oxygen atoms in total. The van der Waals surface area contributed by atoms with Gasteiger partial charge in [-0.25, -0.2) is 0 Å². The Hall–Kier alpha value is 14.3. The van der Waals surface area contributed by atoms with Crippen LogP contribution in [-0.2, 0) is 52.0 Å². The van der Waals surface area contributed by atoms with Crippen LogP contribution in [0.15, 0.2) is 0 Å². The average molecular weight is 850 g/mol. The van der Waals surface area contributed by atoms with Gasteiger partial charge in [0.15, 0.2) is 0 Å². The molecule has 0 aromatic carbocycles. The van der Waals surface area contributed by atoms with Crippen molar-refractivity contribution in [1.82, 2.24) is 0 Å². The van der Waals surface area contributed by atoms with Crippen LogP contribution in [-0.4, -0.2) is 531 Å². The van der Waals surface area contributed by atoms with Crippen molar-refractivity contribution in [2.75, 3.05) is 0 Å². The van der Waals surface area contributed by atoms with Crippen molar-refractivity contribution in [3.05, 3.63) is 0 Å². The average Bonchev–Trinajstić information content (AvgIpc) is 1.79. The van der Waals surface area contributed by atoms with Crippen molar-refractivity contribution in [2.24, 2.45) is 0 Å². The molecular formula is H25Na15O20S5. The summed E-state index contributed by atoms with van der Waals surface area (Å²) in [5, 5.41) is 0. The van der Waals surface area contributed by atoms with Gasteiger partial charge in [-0.1, -0.05) is 0 Å². The number of hydrogen-bond donors (Lipinski definition) is 10. The van der Waals surface area contributed by atoms with Gasteiger partial charge in [0.1, 0.15) is 0 Å². The zero-order valence-corrected chi connectivity index (χ0v) is 14.7. The Kier molecular flexibility index (Phi) is 244. The minimum absolute atomic E-state index is 0. The van der Waals surface area contributed by atoms with Gasteiger partial charge >= 0.3 is 495 Å². The minimum atomic E-state index is -4.67. The first-order chi connectivity index (χ1) is 10.0. The fourth-order valence-corrected chi connectivity index (χ4v) is 0. The van der Waals surface area contributed by atoms with E-state index < -0.39 is 52.0 Å². The molecule has 0 aliphatic rings. The molecule has 0 unspecified atom stereocenters. The van der Waals surface area contributed by atoms with Crippen LogP contribution in [0.1, 0.15) is 0 Å². The van der Waals surface area contributed by atoms with E-state index in [1.165, 1.54) is 0 Å². The summed E-state index contributed by atoms with van der Waals surface area (Å²) < 4.78 is 158. The van der Waals surface area contributed by atoms with Crippen molar-refractivity contribution in [3.8, 4) is 0 Å². The van der Waals surface area contributed by atoms with Crippen LogP contribution >= 0.6 is 0 Å². The third kappa shape index (κ3) is 670. The molecule has 0 fully saturated rings. The molecule has 0 saturated heterocycles. The molecule has 0 radical (unpaired) electrons. The Morgan fingerprint density at radius 3 is 0.175 bits per heavy atom. The normalized spacial score (nSPS) is 7.25. The van der Waals surface area contributed by atoms with Gasteiger partial charge in [-0.3, -0.25) is 45.5 Å². The fraction of sp³-hybridized carbons (Fsp3) is 0. The Bertz CT molecular complexity index is 646. The first-order valence-corrected chi connectivity index (χ1v) is 10.5. The van der Waals surface area contributed by atoms with Crippen LogP contribution in [0.4, 0.5) is 0 Å². The molecule has 0 atom stereocenters. The van der Waals surface area contributed by atoms with E-state index in [2.05, 4.69) is 0 Å². The van der Waals surface area contributed by atoms with E-state index in [-0.39, 0.29) is 443 Å². The molecule has 0 heterocycles. The molecule has 40 heavy (non-hydrogen) atoms. The molecule has 0 bridgehead atoms. The van der Waals surface area contributed by atoms with Gasteiger partial charge in [0.05, 0.1) is 0 Å². The van der Waals surface area contributed by atoms with Crippen molar-refractivity contribution >= 4 is 495 Å². The molecule has 40 heteroatoms. The SMILES string of the molecule is O=S(=O)(O)O.O=S(=O)(O)O.O=S(=O)(O)O.O=S(=O)(O)O.O=S(=O)(O)O.[NaH].[NaH].[NaH].[NaH].[NaH].[NaH].[NaH].[NaH].[NaH].[NaH].[NaH].[NaH].[NaH].[NaH].[NaH]. The molecule has 0 aromatic rings. The molecule has 0 amide bonds. The molecule has 0 rings (SSSR count). The third-order valence-corrected chi connectivity index (χ3v) is 0. The van der Waals surface area contributed by atoms with E-state index in [1.54, 1.807) is 0 Å². The van der Waals surface area contributed by atoms with E-state index in [0.29, 0.717) is 0 Å². The molecule has 0 spiro atoms. The van der Waals surface area contributed by atoms with Crippen LogP contribution in [0.25, 0.3) is 0 Å². The number of rotatable bonds is 0. The van der Waals surface area contributed by atoms with Gasteiger partial charge in [-0.15, -0.1) is 0 Å². The second kappa shape index (κ2) is 74.3. The second-order valence-electron chi connectivity index (χ2n) is 2.24. The standard InChI is InChI=1S/15Na.5H2O4S.15H/c;;;;;;;;;;;;;;;5*1-5(2,3)4;;;;;;;;;;;;;;;/h;;;;;;;;;;;;;;;5*(H2,1,2,3,4);;;;;;;;;;;;;;;. The first kappa shape index (κ1) is 131. The molecule has 0 aliphatic carbocycles. The number of hydrogen-bond acceptors (Lipinski definition) is 10. The zero-order chi connectivity index (χ0) is 22.5. The summed E-state index contributed by atoms with van der Waals surface area (Å²) in [5.74, 6) is 0. The summed E-state index contributed by atoms with van der Waals surface area (Å²) in [6.45, 7) is 0. The van der Waals surface area contributed by atoms with Crippen molar-refractivity contribution in [1.29, 1.82) is 0 Å². The predicted octanol–water partition coefficient (Wildman–Crippen LogP) is -13.0. The van der Waals surface area contributed by atoms with E-state index in [4.69, 9.17) is 87.6 Å². The van der Waals surface area contributed by atoms with E-state index in [1.807, 2.05) is 0 Å². The summed E-state index contributed by atoms with van der Waals surface area (Å²) in [5.41, 5.74) is 0. The van der Waals surface area contributed by atoms with E-state index >= 15 is 0 Å². The molecule has 0 saturated carbocycles. The third-order valence-electron chi connectivity index (χ3n) is 0. The van der Waals surface area contributed by atoms with Crippen molar-refractivity contribution in [3.63, 3.8) is 0 Å². The van der Waals surface area contributed by atoms with Gasteiger partial charge in [0.2, 0.25) is 0 Å². The summed E-state index contributed by atoms with van der Waals surface area (Å²) in [4.78, 5) is 0. The fourth-order valence-electron chi connectivity index (χ4n) is 0. The zero-order valence-electron chi connectivity index (χ0n) is 10.6. The van der Waals surface area contributed by atoms with Gasteiger partial charge in [-0.2, -0.15) is 42.1 Å². The molecule has 0 aromatic heterocycles. The maximum atomic E-state index is 8.74. The second-order valence-corrected chi connectivity index (χ2v) is 6.72. The first-order valence-electron chi connectivity index (χ1n) is 3.49. The topological polar surface area (TPSA) is 373 Å². The van der Waals surface area contributed by atoms with Crippen LogP contribution in [0, 0.1) is 0 Å². The Morgan fingerprint density at radius 1 is 0.175 bits per heavy atom. The van der Waals surface area contributed by atoms with Gasteiger partial charge in [0, 0.05) is 0 Å². The van der Waals surface area contributed by atoms with Crippen molar-refractivity contribution in [2.45, 2.75) is 0 Å².